The number of benzene rings is 3. The van der Waals surface area contributed by atoms with Gasteiger partial charge in [-0.25, -0.2) is 0 Å². The second kappa shape index (κ2) is 11.0. The summed E-state index contributed by atoms with van der Waals surface area (Å²) in [5.41, 5.74) is 2.16. The lowest BCUT2D eigenvalue weighted by Crippen LogP contribution is -2.33. The number of halogens is 2. The van der Waals surface area contributed by atoms with E-state index in [0.29, 0.717) is 23.7 Å². The van der Waals surface area contributed by atoms with Gasteiger partial charge in [-0.2, -0.15) is 0 Å². The number of Topliss-reactive ketones (excluding diaryl/α,β-unsaturated/α-hetero) is 1. The number of ether oxygens (including phenoxy) is 1. The van der Waals surface area contributed by atoms with Gasteiger partial charge < -0.3 is 9.30 Å². The fourth-order valence-corrected chi connectivity index (χ4v) is 5.34. The molecular formula is C28H20BrClN2O4S. The minimum absolute atomic E-state index is 0.272. The summed E-state index contributed by atoms with van der Waals surface area (Å²) in [5.74, 6) is -0.0245. The van der Waals surface area contributed by atoms with Crippen LogP contribution < -0.4 is 4.74 Å². The molecule has 0 aliphatic carbocycles. The van der Waals surface area contributed by atoms with E-state index in [2.05, 4.69) is 20.5 Å². The van der Waals surface area contributed by atoms with Gasteiger partial charge in [-0.15, -0.1) is 0 Å². The summed E-state index contributed by atoms with van der Waals surface area (Å²) in [6.07, 6.45) is 3.65. The summed E-state index contributed by atoms with van der Waals surface area (Å²) in [4.78, 5) is 39.6. The number of hydrogen-bond donors (Lipinski definition) is 0. The molecule has 0 N–H and O–H groups in total. The lowest BCUT2D eigenvalue weighted by Gasteiger charge is -2.11. The predicted molar refractivity (Wildman–Crippen MR) is 150 cm³/mol. The van der Waals surface area contributed by atoms with Crippen molar-refractivity contribution < 1.29 is 19.1 Å². The van der Waals surface area contributed by atoms with Crippen LogP contribution in [0.3, 0.4) is 0 Å². The summed E-state index contributed by atoms with van der Waals surface area (Å²) < 4.78 is 8.81. The first-order valence-corrected chi connectivity index (χ1v) is 13.4. The molecule has 2 heterocycles. The molecule has 5 rings (SSSR count). The Bertz CT molecular complexity index is 1530. The third-order valence-electron chi connectivity index (χ3n) is 5.85. The Morgan fingerprint density at radius 3 is 2.54 bits per heavy atom. The van der Waals surface area contributed by atoms with E-state index in [1.165, 1.54) is 0 Å². The lowest BCUT2D eigenvalue weighted by atomic mass is 10.1. The van der Waals surface area contributed by atoms with Crippen LogP contribution in [0.2, 0.25) is 5.02 Å². The van der Waals surface area contributed by atoms with Crippen LogP contribution in [0.4, 0.5) is 4.79 Å². The highest BCUT2D eigenvalue weighted by Gasteiger charge is 2.36. The molecule has 1 saturated heterocycles. The number of thioether (sulfide) groups is 1. The van der Waals surface area contributed by atoms with Crippen molar-refractivity contribution in [2.45, 2.75) is 6.54 Å². The molecule has 0 unspecified atom stereocenters. The quantitative estimate of drug-likeness (QED) is 0.161. The number of aromatic nitrogens is 1. The molecule has 0 radical (unpaired) electrons. The highest BCUT2D eigenvalue weighted by atomic mass is 79.9. The maximum atomic E-state index is 13.1. The van der Waals surface area contributed by atoms with Crippen molar-refractivity contribution in [2.24, 2.45) is 0 Å². The molecule has 186 valence electrons. The smallest absolute Gasteiger partial charge is 0.293 e. The van der Waals surface area contributed by atoms with Crippen molar-refractivity contribution in [3.05, 3.63) is 105 Å². The number of carbonyl (C=O) groups is 3. The topological polar surface area (TPSA) is 68.6 Å². The second-order valence-electron chi connectivity index (χ2n) is 8.30. The van der Waals surface area contributed by atoms with Crippen LogP contribution in [-0.4, -0.2) is 39.5 Å². The number of hydrogen-bond acceptors (Lipinski definition) is 5. The van der Waals surface area contributed by atoms with Gasteiger partial charge >= 0.3 is 0 Å². The van der Waals surface area contributed by atoms with E-state index in [-0.39, 0.29) is 17.2 Å². The number of amides is 2. The standard InChI is InChI=1S/C28H20BrClN2O4S/c29-20-8-11-24-23(15-20)19(16-31(24)12-13-36-22-4-2-1-3-5-22)14-26-27(34)32(28(35)37-26)17-25(33)18-6-9-21(30)10-7-18/h1-11,14-16H,12-13,17H2/b26-14-. The van der Waals surface area contributed by atoms with Crippen molar-refractivity contribution >= 4 is 73.2 Å². The van der Waals surface area contributed by atoms with E-state index in [0.717, 1.165) is 43.4 Å². The molecule has 6 nitrogen and oxygen atoms in total. The number of fused-ring (bicyclic) bond motifs is 1. The maximum Gasteiger partial charge on any atom is 0.293 e. The Kier molecular flexibility index (Phi) is 7.50. The normalized spacial score (nSPS) is 14.6. The maximum absolute atomic E-state index is 13.1. The Hall–Kier alpha value is -3.33. The van der Waals surface area contributed by atoms with Crippen molar-refractivity contribution in [2.75, 3.05) is 13.2 Å². The molecular weight excluding hydrogens is 576 g/mol. The largest absolute Gasteiger partial charge is 0.492 e. The van der Waals surface area contributed by atoms with Crippen LogP contribution in [0.25, 0.3) is 17.0 Å². The van der Waals surface area contributed by atoms with E-state index in [9.17, 15) is 14.4 Å². The third kappa shape index (κ3) is 5.66. The number of imide groups is 1. The molecule has 2 amide bonds. The SMILES string of the molecule is O=C(CN1C(=O)S/C(=C\c2cn(CCOc3ccccc3)c3ccc(Br)cc23)C1=O)c1ccc(Cl)cc1. The summed E-state index contributed by atoms with van der Waals surface area (Å²) in [6.45, 7) is 0.734. The molecule has 0 atom stereocenters. The van der Waals surface area contributed by atoms with Gasteiger partial charge in [-0.1, -0.05) is 45.7 Å². The first-order chi connectivity index (χ1) is 17.9. The highest BCUT2D eigenvalue weighted by Crippen LogP contribution is 2.35. The number of nitrogens with zero attached hydrogens (tertiary/aromatic N) is 2. The fraction of sp³-hybridized carbons (Fsp3) is 0.107. The van der Waals surface area contributed by atoms with Gasteiger partial charge in [-0.3, -0.25) is 19.3 Å². The first-order valence-electron chi connectivity index (χ1n) is 11.4. The van der Waals surface area contributed by atoms with Gasteiger partial charge in [0.25, 0.3) is 11.1 Å². The molecule has 9 heteroatoms. The zero-order chi connectivity index (χ0) is 25.9. The Balaban J connectivity index is 1.37. The minimum Gasteiger partial charge on any atom is -0.492 e. The number of para-hydroxylation sites is 1. The van der Waals surface area contributed by atoms with Crippen molar-refractivity contribution in [3.8, 4) is 5.75 Å². The van der Waals surface area contributed by atoms with Crippen LogP contribution in [0, 0.1) is 0 Å². The Labute approximate surface area is 231 Å². The molecule has 1 fully saturated rings. The van der Waals surface area contributed by atoms with Crippen LogP contribution in [0.5, 0.6) is 5.75 Å². The average molecular weight is 596 g/mol. The van der Waals surface area contributed by atoms with E-state index in [4.69, 9.17) is 16.3 Å². The zero-order valence-corrected chi connectivity index (χ0v) is 22.6. The Morgan fingerprint density at radius 2 is 1.78 bits per heavy atom. The number of ketones is 1. The lowest BCUT2D eigenvalue weighted by molar-refractivity contribution is -0.122. The van der Waals surface area contributed by atoms with Crippen LogP contribution in [0.15, 0.2) is 88.4 Å². The van der Waals surface area contributed by atoms with Crippen molar-refractivity contribution in [1.82, 2.24) is 9.47 Å². The average Bonchev–Trinajstić information content (AvgIpc) is 3.36. The van der Waals surface area contributed by atoms with Gasteiger partial charge in [0.1, 0.15) is 12.4 Å². The van der Waals surface area contributed by atoms with Crippen LogP contribution >= 0.6 is 39.3 Å². The minimum atomic E-state index is -0.486. The highest BCUT2D eigenvalue weighted by molar-refractivity contribution is 9.10. The molecule has 4 aromatic rings. The molecule has 1 aliphatic rings. The van der Waals surface area contributed by atoms with E-state index in [1.54, 1.807) is 30.3 Å². The van der Waals surface area contributed by atoms with E-state index >= 15 is 0 Å². The van der Waals surface area contributed by atoms with Gasteiger partial charge in [-0.05, 0) is 72.4 Å². The van der Waals surface area contributed by atoms with E-state index in [1.807, 2.05) is 54.7 Å². The molecule has 1 aliphatic heterocycles. The third-order valence-corrected chi connectivity index (χ3v) is 7.50. The van der Waals surface area contributed by atoms with Crippen molar-refractivity contribution in [3.63, 3.8) is 0 Å². The van der Waals surface area contributed by atoms with Gasteiger partial charge in [0.15, 0.2) is 5.78 Å². The number of carbonyl (C=O) groups excluding carboxylic acids is 3. The second-order valence-corrected chi connectivity index (χ2v) is 10.6. The summed E-state index contributed by atoms with van der Waals surface area (Å²) >= 11 is 10.2. The van der Waals surface area contributed by atoms with Gasteiger partial charge in [0.2, 0.25) is 0 Å². The fourth-order valence-electron chi connectivity index (χ4n) is 4.02. The molecule has 0 spiro atoms. The monoisotopic (exact) mass is 594 g/mol. The Morgan fingerprint density at radius 1 is 1.03 bits per heavy atom. The molecule has 37 heavy (non-hydrogen) atoms. The summed E-state index contributed by atoms with van der Waals surface area (Å²) in [5, 5.41) is 0.959. The van der Waals surface area contributed by atoms with Crippen LogP contribution in [0.1, 0.15) is 15.9 Å². The number of rotatable bonds is 8. The van der Waals surface area contributed by atoms with Gasteiger partial charge in [0, 0.05) is 37.7 Å². The molecule has 3 aromatic carbocycles. The van der Waals surface area contributed by atoms with E-state index < -0.39 is 11.1 Å². The zero-order valence-electron chi connectivity index (χ0n) is 19.4. The first kappa shape index (κ1) is 25.3. The van der Waals surface area contributed by atoms with Crippen LogP contribution in [-0.2, 0) is 11.3 Å². The van der Waals surface area contributed by atoms with Gasteiger partial charge in [0.05, 0.1) is 18.0 Å². The predicted octanol–water partition coefficient (Wildman–Crippen LogP) is 7.06. The van der Waals surface area contributed by atoms with Crippen molar-refractivity contribution in [1.29, 1.82) is 0 Å². The summed E-state index contributed by atoms with van der Waals surface area (Å²) in [7, 11) is 0. The summed E-state index contributed by atoms with van der Waals surface area (Å²) in [6, 6.07) is 21.9. The molecule has 0 bridgehead atoms. The molecule has 1 aromatic heterocycles. The molecule has 0 saturated carbocycles.